The molecule has 1 atom stereocenters. The summed E-state index contributed by atoms with van der Waals surface area (Å²) in [5.74, 6) is 2.56. The molecule has 1 aromatic heterocycles. The van der Waals surface area contributed by atoms with Gasteiger partial charge in [-0.3, -0.25) is 0 Å². The summed E-state index contributed by atoms with van der Waals surface area (Å²) in [6.45, 7) is 2.67. The Balaban J connectivity index is 2.07. The lowest BCUT2D eigenvalue weighted by Crippen LogP contribution is -2.16. The maximum atomic E-state index is 11.0. The summed E-state index contributed by atoms with van der Waals surface area (Å²) in [5.41, 5.74) is 1.08. The molecule has 1 fully saturated rings. The van der Waals surface area contributed by atoms with Crippen LogP contribution in [0.5, 0.6) is 0 Å². The summed E-state index contributed by atoms with van der Waals surface area (Å²) in [6.07, 6.45) is 1.20. The molecule has 0 aliphatic carbocycles. The molecule has 0 bridgehead atoms. The molecular weight excluding hydrogens is 236 g/mol. The van der Waals surface area contributed by atoms with Gasteiger partial charge in [-0.15, -0.1) is 0 Å². The van der Waals surface area contributed by atoms with E-state index in [0.29, 0.717) is 11.7 Å². The van der Waals surface area contributed by atoms with Crippen LogP contribution in [0.2, 0.25) is 0 Å². The van der Waals surface area contributed by atoms with Crippen molar-refractivity contribution in [1.29, 1.82) is 0 Å². The van der Waals surface area contributed by atoms with Gasteiger partial charge in [0.2, 0.25) is 0 Å². The number of nitrogens with zero attached hydrogens (tertiary/aromatic N) is 1. The fourth-order valence-electron chi connectivity index (χ4n) is 1.85. The van der Waals surface area contributed by atoms with Gasteiger partial charge in [-0.25, -0.2) is 9.78 Å². The molecule has 0 aromatic carbocycles. The van der Waals surface area contributed by atoms with Crippen LogP contribution in [0.4, 0.5) is 5.82 Å². The summed E-state index contributed by atoms with van der Waals surface area (Å²) < 4.78 is 0. The molecule has 1 aromatic rings. The predicted octanol–water partition coefficient (Wildman–Crippen LogP) is 2.25. The average molecular weight is 252 g/mol. The van der Waals surface area contributed by atoms with Crippen molar-refractivity contribution in [2.45, 2.75) is 13.3 Å². The van der Waals surface area contributed by atoms with Crippen molar-refractivity contribution in [2.75, 3.05) is 23.4 Å². The number of carboxylic acid groups (broad SMARTS) is 1. The van der Waals surface area contributed by atoms with Gasteiger partial charge in [0.15, 0.2) is 0 Å². The van der Waals surface area contributed by atoms with Gasteiger partial charge in [0.1, 0.15) is 11.4 Å². The molecule has 0 amide bonds. The monoisotopic (exact) mass is 252 g/mol. The molecule has 0 spiro atoms. The van der Waals surface area contributed by atoms with E-state index in [2.05, 4.69) is 10.3 Å². The second kappa shape index (κ2) is 5.40. The Morgan fingerprint density at radius 1 is 1.65 bits per heavy atom. The molecule has 1 aliphatic rings. The number of thioether (sulfide) groups is 1. The molecule has 0 saturated carbocycles. The van der Waals surface area contributed by atoms with Gasteiger partial charge in [-0.05, 0) is 42.9 Å². The first-order valence-electron chi connectivity index (χ1n) is 5.69. The molecule has 1 saturated heterocycles. The number of hydrogen-bond acceptors (Lipinski definition) is 4. The zero-order valence-electron chi connectivity index (χ0n) is 9.77. The van der Waals surface area contributed by atoms with Crippen LogP contribution in [-0.2, 0) is 0 Å². The van der Waals surface area contributed by atoms with Gasteiger partial charge < -0.3 is 10.4 Å². The Labute approximate surface area is 105 Å². The zero-order valence-corrected chi connectivity index (χ0v) is 10.6. The Morgan fingerprint density at radius 3 is 3.12 bits per heavy atom. The lowest BCUT2D eigenvalue weighted by molar-refractivity contribution is 0.0697. The molecule has 2 N–H and O–H groups in total. The van der Waals surface area contributed by atoms with Crippen LogP contribution >= 0.6 is 11.8 Å². The van der Waals surface area contributed by atoms with Crippen LogP contribution in [-0.4, -0.2) is 34.1 Å². The molecule has 2 rings (SSSR count). The van der Waals surface area contributed by atoms with Crippen molar-refractivity contribution in [3.63, 3.8) is 0 Å². The van der Waals surface area contributed by atoms with Crippen molar-refractivity contribution in [3.05, 3.63) is 23.4 Å². The highest BCUT2D eigenvalue weighted by Gasteiger charge is 2.17. The van der Waals surface area contributed by atoms with Crippen molar-refractivity contribution >= 4 is 23.5 Å². The van der Waals surface area contributed by atoms with Gasteiger partial charge >= 0.3 is 5.97 Å². The lowest BCUT2D eigenvalue weighted by Gasteiger charge is -2.12. The summed E-state index contributed by atoms with van der Waals surface area (Å²) in [6, 6.07) is 3.33. The van der Waals surface area contributed by atoms with Gasteiger partial charge in [0, 0.05) is 12.2 Å². The highest BCUT2D eigenvalue weighted by Crippen LogP contribution is 2.24. The fraction of sp³-hybridized carbons (Fsp3) is 0.500. The van der Waals surface area contributed by atoms with Crippen LogP contribution in [0.15, 0.2) is 12.1 Å². The number of anilines is 1. The van der Waals surface area contributed by atoms with Gasteiger partial charge in [0.05, 0.1) is 0 Å². The predicted molar refractivity (Wildman–Crippen MR) is 69.9 cm³/mol. The van der Waals surface area contributed by atoms with E-state index in [9.17, 15) is 4.79 Å². The SMILES string of the molecule is Cc1ccc(C(=O)O)c(NCC2CCSC2)n1. The first-order valence-corrected chi connectivity index (χ1v) is 6.85. The van der Waals surface area contributed by atoms with Gasteiger partial charge in [-0.1, -0.05) is 0 Å². The van der Waals surface area contributed by atoms with E-state index in [1.165, 1.54) is 12.2 Å². The summed E-state index contributed by atoms with van der Waals surface area (Å²) in [7, 11) is 0. The largest absolute Gasteiger partial charge is 0.478 e. The molecule has 5 heteroatoms. The highest BCUT2D eigenvalue weighted by atomic mass is 32.2. The molecule has 1 unspecified atom stereocenters. The second-order valence-corrected chi connectivity index (χ2v) is 5.41. The lowest BCUT2D eigenvalue weighted by atomic mass is 10.1. The minimum Gasteiger partial charge on any atom is -0.478 e. The number of rotatable bonds is 4. The zero-order chi connectivity index (χ0) is 12.3. The maximum Gasteiger partial charge on any atom is 0.339 e. The summed E-state index contributed by atoms with van der Waals surface area (Å²) in [4.78, 5) is 15.3. The molecular formula is C12H16N2O2S. The van der Waals surface area contributed by atoms with Gasteiger partial charge in [0.25, 0.3) is 0 Å². The van der Waals surface area contributed by atoms with Crippen molar-refractivity contribution in [2.24, 2.45) is 5.92 Å². The molecule has 92 valence electrons. The third-order valence-electron chi connectivity index (χ3n) is 2.85. The number of aromatic carboxylic acids is 1. The minimum atomic E-state index is -0.930. The molecule has 2 heterocycles. The van der Waals surface area contributed by atoms with E-state index >= 15 is 0 Å². The van der Waals surface area contributed by atoms with E-state index in [1.54, 1.807) is 12.1 Å². The van der Waals surface area contributed by atoms with Crippen molar-refractivity contribution < 1.29 is 9.90 Å². The number of hydrogen-bond donors (Lipinski definition) is 2. The average Bonchev–Trinajstić information content (AvgIpc) is 2.78. The van der Waals surface area contributed by atoms with Crippen molar-refractivity contribution in [1.82, 2.24) is 4.98 Å². The number of nitrogens with one attached hydrogen (secondary N) is 1. The van der Waals surface area contributed by atoms with E-state index in [0.717, 1.165) is 18.0 Å². The van der Waals surface area contributed by atoms with E-state index in [4.69, 9.17) is 5.11 Å². The molecule has 17 heavy (non-hydrogen) atoms. The minimum absolute atomic E-state index is 0.251. The van der Waals surface area contributed by atoms with Crippen LogP contribution in [0.1, 0.15) is 22.5 Å². The topological polar surface area (TPSA) is 62.2 Å². The normalized spacial score (nSPS) is 19.2. The third kappa shape index (κ3) is 3.12. The maximum absolute atomic E-state index is 11.0. The quantitative estimate of drug-likeness (QED) is 0.860. The summed E-state index contributed by atoms with van der Waals surface area (Å²) in [5, 5.41) is 12.2. The van der Waals surface area contributed by atoms with Gasteiger partial charge in [-0.2, -0.15) is 11.8 Å². The van der Waals surface area contributed by atoms with Crippen LogP contribution in [0.3, 0.4) is 0 Å². The van der Waals surface area contributed by atoms with Crippen LogP contribution in [0.25, 0.3) is 0 Å². The number of carbonyl (C=O) groups is 1. The smallest absolute Gasteiger partial charge is 0.339 e. The molecule has 0 radical (unpaired) electrons. The Kier molecular flexibility index (Phi) is 3.89. The Bertz CT molecular complexity index is 417. The number of aromatic nitrogens is 1. The molecule has 4 nitrogen and oxygen atoms in total. The fourth-order valence-corrected chi connectivity index (χ4v) is 3.13. The van der Waals surface area contributed by atoms with E-state index in [1.807, 2.05) is 18.7 Å². The van der Waals surface area contributed by atoms with Crippen LogP contribution < -0.4 is 5.32 Å². The summed E-state index contributed by atoms with van der Waals surface area (Å²) >= 11 is 1.95. The van der Waals surface area contributed by atoms with Crippen molar-refractivity contribution in [3.8, 4) is 0 Å². The highest BCUT2D eigenvalue weighted by molar-refractivity contribution is 7.99. The second-order valence-electron chi connectivity index (χ2n) is 4.26. The van der Waals surface area contributed by atoms with E-state index in [-0.39, 0.29) is 5.56 Å². The number of carboxylic acids is 1. The first-order chi connectivity index (χ1) is 8.16. The van der Waals surface area contributed by atoms with E-state index < -0.39 is 5.97 Å². The number of pyridine rings is 1. The Morgan fingerprint density at radius 2 is 2.47 bits per heavy atom. The standard InChI is InChI=1S/C12H16N2O2S/c1-8-2-3-10(12(15)16)11(14-8)13-6-9-4-5-17-7-9/h2-3,9H,4-7H2,1H3,(H,13,14)(H,15,16). The number of aryl methyl sites for hydroxylation is 1. The Hall–Kier alpha value is -1.23. The third-order valence-corrected chi connectivity index (χ3v) is 4.08. The molecule has 1 aliphatic heterocycles. The van der Waals surface area contributed by atoms with Crippen LogP contribution in [0, 0.1) is 12.8 Å². The first kappa shape index (κ1) is 12.2.